The Bertz CT molecular complexity index is 741. The Hall–Kier alpha value is -1.87. The van der Waals surface area contributed by atoms with Gasteiger partial charge in [0.2, 0.25) is 0 Å². The molecule has 0 amide bonds. The van der Waals surface area contributed by atoms with Gasteiger partial charge in [-0.25, -0.2) is 0 Å². The number of aliphatic imine (C=N–C) groups is 1. The third kappa shape index (κ3) is 6.14. The van der Waals surface area contributed by atoms with Crippen LogP contribution in [0.4, 0.5) is 8.78 Å². The van der Waals surface area contributed by atoms with Crippen molar-refractivity contribution in [3.05, 3.63) is 44.6 Å². The maximum atomic E-state index is 12.8. The Morgan fingerprint density at radius 1 is 1.31 bits per heavy atom. The van der Waals surface area contributed by atoms with Gasteiger partial charge < -0.3 is 20.1 Å². The van der Waals surface area contributed by atoms with Gasteiger partial charge in [-0.15, -0.1) is 11.3 Å². The first-order chi connectivity index (χ1) is 12.5. The van der Waals surface area contributed by atoms with E-state index in [-0.39, 0.29) is 12.3 Å². The molecule has 0 bridgehead atoms. The number of benzene rings is 1. The van der Waals surface area contributed by atoms with Crippen molar-refractivity contribution in [2.75, 3.05) is 13.7 Å². The normalized spacial score (nSPS) is 11.5. The summed E-state index contributed by atoms with van der Waals surface area (Å²) in [5, 5.41) is 8.28. The highest BCUT2D eigenvalue weighted by Gasteiger charge is 2.16. The van der Waals surface area contributed by atoms with Gasteiger partial charge in [-0.2, -0.15) is 8.78 Å². The molecule has 1 heterocycles. The minimum atomic E-state index is -2.93. The highest BCUT2D eigenvalue weighted by molar-refractivity contribution is 9.10. The summed E-state index contributed by atoms with van der Waals surface area (Å²) in [6.07, 6.45) is 0. The van der Waals surface area contributed by atoms with E-state index in [0.29, 0.717) is 30.4 Å². The summed E-state index contributed by atoms with van der Waals surface area (Å²) in [4.78, 5) is 5.28. The number of alkyl halides is 2. The minimum Gasteiger partial charge on any atom is -0.490 e. The van der Waals surface area contributed by atoms with Crippen molar-refractivity contribution in [3.63, 3.8) is 0 Å². The predicted molar refractivity (Wildman–Crippen MR) is 103 cm³/mol. The number of para-hydroxylation sites is 1. The molecule has 142 valence electrons. The summed E-state index contributed by atoms with van der Waals surface area (Å²) >= 11 is 5.04. The van der Waals surface area contributed by atoms with Crippen LogP contribution in [0.25, 0.3) is 0 Å². The first-order valence-electron chi connectivity index (χ1n) is 7.90. The first-order valence-corrected chi connectivity index (χ1v) is 9.57. The second-order valence-corrected chi connectivity index (χ2v) is 6.98. The fourth-order valence-electron chi connectivity index (χ4n) is 2.21. The van der Waals surface area contributed by atoms with Gasteiger partial charge in [0.25, 0.3) is 0 Å². The third-order valence-corrected chi connectivity index (χ3v) is 4.99. The van der Waals surface area contributed by atoms with Gasteiger partial charge in [-0.3, -0.25) is 4.99 Å². The molecular weight excluding hydrogens is 428 g/mol. The zero-order valence-corrected chi connectivity index (χ0v) is 16.8. The number of ether oxygens (including phenoxy) is 2. The molecule has 0 fully saturated rings. The molecule has 0 radical (unpaired) electrons. The van der Waals surface area contributed by atoms with Crippen molar-refractivity contribution in [2.45, 2.75) is 26.6 Å². The van der Waals surface area contributed by atoms with E-state index in [1.165, 1.54) is 0 Å². The molecule has 1 aromatic carbocycles. The lowest BCUT2D eigenvalue weighted by Crippen LogP contribution is -2.36. The Balaban J connectivity index is 2.02. The fourth-order valence-corrected chi connectivity index (χ4v) is 3.60. The molecular formula is C17H20BrF2N3O2S. The molecule has 0 atom stereocenters. The van der Waals surface area contributed by atoms with E-state index in [2.05, 4.69) is 36.3 Å². The van der Waals surface area contributed by atoms with Crippen LogP contribution in [0.5, 0.6) is 11.5 Å². The van der Waals surface area contributed by atoms with Crippen molar-refractivity contribution >= 4 is 33.2 Å². The van der Waals surface area contributed by atoms with Gasteiger partial charge in [-0.1, -0.05) is 12.1 Å². The topological polar surface area (TPSA) is 54.9 Å². The Morgan fingerprint density at radius 3 is 2.69 bits per heavy atom. The van der Waals surface area contributed by atoms with E-state index in [9.17, 15) is 8.78 Å². The van der Waals surface area contributed by atoms with Gasteiger partial charge in [0.15, 0.2) is 17.5 Å². The fraction of sp³-hybridized carbons (Fsp3) is 0.353. The molecule has 2 rings (SSSR count). The smallest absolute Gasteiger partial charge is 0.387 e. The molecule has 2 aromatic rings. The van der Waals surface area contributed by atoms with E-state index < -0.39 is 6.61 Å². The van der Waals surface area contributed by atoms with Crippen LogP contribution in [0.2, 0.25) is 0 Å². The van der Waals surface area contributed by atoms with E-state index in [1.54, 1.807) is 43.5 Å². The standard InChI is InChI=1S/C17H20BrF2N3O2S/c1-3-24-14-6-4-5-11(15(14)25-16(19)20)8-22-17(21-2)23-9-13-7-12(18)10-26-13/h4-7,10,16H,3,8-9H2,1-2H3,(H2,21,22,23). The van der Waals surface area contributed by atoms with Crippen molar-refractivity contribution in [1.82, 2.24) is 10.6 Å². The van der Waals surface area contributed by atoms with E-state index in [4.69, 9.17) is 4.74 Å². The summed E-state index contributed by atoms with van der Waals surface area (Å²) < 4.78 is 36.6. The van der Waals surface area contributed by atoms with Crippen LogP contribution in [0.1, 0.15) is 17.4 Å². The second kappa shape index (κ2) is 10.3. The molecule has 0 aliphatic rings. The van der Waals surface area contributed by atoms with Crippen LogP contribution in [-0.2, 0) is 13.1 Å². The SMILES string of the molecule is CCOc1cccc(CNC(=NC)NCc2cc(Br)cs2)c1OC(F)F. The Morgan fingerprint density at radius 2 is 2.08 bits per heavy atom. The number of nitrogens with one attached hydrogen (secondary N) is 2. The lowest BCUT2D eigenvalue weighted by atomic mass is 10.2. The molecule has 0 spiro atoms. The van der Waals surface area contributed by atoms with Gasteiger partial charge in [0, 0.05) is 33.9 Å². The van der Waals surface area contributed by atoms with Crippen LogP contribution in [-0.4, -0.2) is 26.2 Å². The van der Waals surface area contributed by atoms with Crippen molar-refractivity contribution in [3.8, 4) is 11.5 Å². The van der Waals surface area contributed by atoms with Gasteiger partial charge in [0.05, 0.1) is 13.2 Å². The maximum absolute atomic E-state index is 12.8. The number of guanidine groups is 1. The number of nitrogens with zero attached hydrogens (tertiary/aromatic N) is 1. The quantitative estimate of drug-likeness (QED) is 0.465. The first kappa shape index (κ1) is 20.4. The molecule has 0 saturated heterocycles. The predicted octanol–water partition coefficient (Wildman–Crippen LogP) is 4.38. The van der Waals surface area contributed by atoms with Gasteiger partial charge in [0.1, 0.15) is 0 Å². The Kier molecular flexibility index (Phi) is 8.11. The Labute approximate surface area is 163 Å². The molecule has 26 heavy (non-hydrogen) atoms. The second-order valence-electron chi connectivity index (χ2n) is 5.07. The summed E-state index contributed by atoms with van der Waals surface area (Å²) in [7, 11) is 1.65. The highest BCUT2D eigenvalue weighted by atomic mass is 79.9. The van der Waals surface area contributed by atoms with E-state index >= 15 is 0 Å². The molecule has 2 N–H and O–H groups in total. The van der Waals surface area contributed by atoms with Crippen LogP contribution >= 0.6 is 27.3 Å². The molecule has 1 aromatic heterocycles. The van der Waals surface area contributed by atoms with Crippen LogP contribution < -0.4 is 20.1 Å². The van der Waals surface area contributed by atoms with Crippen molar-refractivity contribution < 1.29 is 18.3 Å². The molecule has 5 nitrogen and oxygen atoms in total. The summed E-state index contributed by atoms with van der Waals surface area (Å²) in [6, 6.07) is 7.06. The van der Waals surface area contributed by atoms with Crippen molar-refractivity contribution in [1.29, 1.82) is 0 Å². The largest absolute Gasteiger partial charge is 0.490 e. The average Bonchev–Trinajstić information content (AvgIpc) is 3.02. The molecule has 0 aliphatic heterocycles. The number of thiophene rings is 1. The van der Waals surface area contributed by atoms with E-state index in [0.717, 1.165) is 9.35 Å². The summed E-state index contributed by atoms with van der Waals surface area (Å²) in [5.41, 5.74) is 0.554. The molecule has 0 saturated carbocycles. The van der Waals surface area contributed by atoms with Crippen LogP contribution in [0.3, 0.4) is 0 Å². The van der Waals surface area contributed by atoms with Crippen molar-refractivity contribution in [2.24, 2.45) is 4.99 Å². The number of rotatable bonds is 8. The average molecular weight is 448 g/mol. The number of hydrogen-bond acceptors (Lipinski definition) is 4. The summed E-state index contributed by atoms with van der Waals surface area (Å²) in [5.74, 6) is 0.882. The molecule has 0 unspecified atom stereocenters. The lowest BCUT2D eigenvalue weighted by molar-refractivity contribution is -0.0520. The van der Waals surface area contributed by atoms with Gasteiger partial charge in [-0.05, 0) is 35.0 Å². The zero-order chi connectivity index (χ0) is 18.9. The van der Waals surface area contributed by atoms with Crippen LogP contribution in [0.15, 0.2) is 39.1 Å². The van der Waals surface area contributed by atoms with Crippen LogP contribution in [0, 0.1) is 0 Å². The monoisotopic (exact) mass is 447 g/mol. The zero-order valence-electron chi connectivity index (χ0n) is 14.4. The molecule has 9 heteroatoms. The maximum Gasteiger partial charge on any atom is 0.387 e. The third-order valence-electron chi connectivity index (χ3n) is 3.29. The number of halogens is 3. The molecule has 0 aliphatic carbocycles. The number of hydrogen-bond donors (Lipinski definition) is 2. The summed E-state index contributed by atoms with van der Waals surface area (Å²) in [6.45, 7) is 0.0820. The van der Waals surface area contributed by atoms with Gasteiger partial charge >= 0.3 is 6.61 Å². The highest BCUT2D eigenvalue weighted by Crippen LogP contribution is 2.32. The minimum absolute atomic E-state index is 0.0366. The van der Waals surface area contributed by atoms with E-state index in [1.807, 2.05) is 11.4 Å². The lowest BCUT2D eigenvalue weighted by Gasteiger charge is -2.17.